The lowest BCUT2D eigenvalue weighted by atomic mass is 10.0. The summed E-state index contributed by atoms with van der Waals surface area (Å²) >= 11 is 0. The Morgan fingerprint density at radius 1 is 0.800 bits per heavy atom. The fraction of sp³-hybridized carbons (Fsp3) is 0.219. The van der Waals surface area contributed by atoms with Crippen molar-refractivity contribution in [1.29, 1.82) is 0 Å². The minimum Gasteiger partial charge on any atom is -0.508 e. The van der Waals surface area contributed by atoms with Gasteiger partial charge in [-0.25, -0.2) is 15.0 Å². The molecule has 2 atom stereocenters. The summed E-state index contributed by atoms with van der Waals surface area (Å²) in [6, 6.07) is 30.7. The predicted molar refractivity (Wildman–Crippen MR) is 157 cm³/mol. The molecule has 0 aliphatic carbocycles. The molecule has 8 heteroatoms. The first-order valence-electron chi connectivity index (χ1n) is 13.4. The standard InChI is InChI=1S/C19H20N2O3.C13H14N2O/c1-2-3-9-17-18(23)20(14-7-5-4-6-8-14)21(19(17)24)15-10-12-16(22)13-11-15;16-12(11-6-2-1-3-7-11)10-15-13-8-4-5-9-14-13/h4-8,10-13,17,22H,2-3,9H2,1H3;1-9,12,16H,10H2,(H,14,15). The molecule has 1 aliphatic heterocycles. The van der Waals surface area contributed by atoms with Gasteiger partial charge >= 0.3 is 0 Å². The van der Waals surface area contributed by atoms with Gasteiger partial charge < -0.3 is 15.5 Å². The summed E-state index contributed by atoms with van der Waals surface area (Å²) in [4.78, 5) is 29.9. The van der Waals surface area contributed by atoms with Crippen molar-refractivity contribution in [3.05, 3.63) is 115 Å². The molecule has 0 saturated carbocycles. The Kier molecular flexibility index (Phi) is 9.85. The fourth-order valence-electron chi connectivity index (χ4n) is 4.36. The number of pyridine rings is 1. The van der Waals surface area contributed by atoms with Crippen LogP contribution in [-0.2, 0) is 9.59 Å². The van der Waals surface area contributed by atoms with Crippen LogP contribution in [-0.4, -0.2) is 33.6 Å². The molecule has 1 aliphatic rings. The van der Waals surface area contributed by atoms with E-state index in [1.165, 1.54) is 22.2 Å². The number of phenolic OH excluding ortho intramolecular Hbond substituents is 1. The van der Waals surface area contributed by atoms with E-state index >= 15 is 0 Å². The molecule has 206 valence electrons. The number of anilines is 3. The number of nitrogens with one attached hydrogen (secondary N) is 1. The molecule has 1 aromatic heterocycles. The Hall–Kier alpha value is -4.69. The van der Waals surface area contributed by atoms with E-state index in [1.54, 1.807) is 30.5 Å². The first-order chi connectivity index (χ1) is 19.5. The summed E-state index contributed by atoms with van der Waals surface area (Å²) in [5.74, 6) is -0.183. The third-order valence-corrected chi connectivity index (χ3v) is 6.48. The van der Waals surface area contributed by atoms with Crippen molar-refractivity contribution in [3.63, 3.8) is 0 Å². The summed E-state index contributed by atoms with van der Waals surface area (Å²) in [5, 5.41) is 25.3. The Bertz CT molecular complexity index is 1350. The number of benzene rings is 3. The van der Waals surface area contributed by atoms with E-state index in [0.717, 1.165) is 24.2 Å². The van der Waals surface area contributed by atoms with Crippen LogP contribution in [0.2, 0.25) is 0 Å². The van der Waals surface area contributed by atoms with E-state index in [9.17, 15) is 19.8 Å². The van der Waals surface area contributed by atoms with Crippen molar-refractivity contribution in [3.8, 4) is 5.75 Å². The van der Waals surface area contributed by atoms with E-state index in [4.69, 9.17) is 0 Å². The highest BCUT2D eigenvalue weighted by Crippen LogP contribution is 2.34. The normalized spacial score (nSPS) is 15.4. The third-order valence-electron chi connectivity index (χ3n) is 6.48. The minimum absolute atomic E-state index is 0.116. The number of hydrazine groups is 1. The molecule has 1 fully saturated rings. The van der Waals surface area contributed by atoms with Crippen LogP contribution in [0.1, 0.15) is 37.9 Å². The number of hydrogen-bond donors (Lipinski definition) is 3. The highest BCUT2D eigenvalue weighted by atomic mass is 16.3. The van der Waals surface area contributed by atoms with Gasteiger partial charge in [0.15, 0.2) is 0 Å². The van der Waals surface area contributed by atoms with Gasteiger partial charge in [0.05, 0.1) is 17.5 Å². The molecule has 1 saturated heterocycles. The van der Waals surface area contributed by atoms with Crippen molar-refractivity contribution in [2.45, 2.75) is 32.3 Å². The SMILES string of the molecule is CCCCC1C(=O)N(c2ccccc2)N(c2ccc(O)cc2)C1=O.OC(CNc1ccccn1)c1ccccc1. The molecule has 0 spiro atoms. The number of rotatable bonds is 9. The molecular weight excluding hydrogens is 504 g/mol. The van der Waals surface area contributed by atoms with E-state index in [1.807, 2.05) is 73.7 Å². The van der Waals surface area contributed by atoms with Gasteiger partial charge in [-0.3, -0.25) is 9.59 Å². The number of para-hydroxylation sites is 1. The van der Waals surface area contributed by atoms with Crippen LogP contribution in [0.3, 0.4) is 0 Å². The number of aromatic hydroxyl groups is 1. The molecule has 3 aromatic carbocycles. The monoisotopic (exact) mass is 538 g/mol. The number of nitrogens with zero attached hydrogens (tertiary/aromatic N) is 3. The lowest BCUT2D eigenvalue weighted by molar-refractivity contribution is -0.127. The molecule has 40 heavy (non-hydrogen) atoms. The average molecular weight is 539 g/mol. The number of aromatic nitrogens is 1. The number of aliphatic hydroxyl groups is 1. The largest absolute Gasteiger partial charge is 0.508 e. The van der Waals surface area contributed by atoms with Crippen LogP contribution in [0, 0.1) is 5.92 Å². The first kappa shape index (κ1) is 28.3. The Balaban J connectivity index is 0.000000201. The zero-order chi connectivity index (χ0) is 28.3. The molecular formula is C32H34N4O4. The highest BCUT2D eigenvalue weighted by Gasteiger charge is 2.46. The number of carbonyl (C=O) groups excluding carboxylic acids is 2. The zero-order valence-corrected chi connectivity index (χ0v) is 22.4. The number of unbranched alkanes of at least 4 members (excludes halogenated alkanes) is 1. The predicted octanol–water partition coefficient (Wildman–Crippen LogP) is 5.72. The van der Waals surface area contributed by atoms with E-state index in [2.05, 4.69) is 10.3 Å². The first-order valence-corrected chi connectivity index (χ1v) is 13.4. The maximum Gasteiger partial charge on any atom is 0.258 e. The minimum atomic E-state index is -0.654. The van der Waals surface area contributed by atoms with E-state index in [-0.39, 0.29) is 17.6 Å². The van der Waals surface area contributed by atoms with Crippen molar-refractivity contribution < 1.29 is 19.8 Å². The van der Waals surface area contributed by atoms with Gasteiger partial charge in [-0.1, -0.05) is 74.4 Å². The average Bonchev–Trinajstić information content (AvgIpc) is 3.25. The molecule has 5 rings (SSSR count). The van der Waals surface area contributed by atoms with Gasteiger partial charge in [-0.05, 0) is 60.5 Å². The van der Waals surface area contributed by atoms with Crippen LogP contribution >= 0.6 is 0 Å². The van der Waals surface area contributed by atoms with Gasteiger partial charge in [0.2, 0.25) is 0 Å². The highest BCUT2D eigenvalue weighted by molar-refractivity contribution is 6.23. The van der Waals surface area contributed by atoms with Gasteiger partial charge in [-0.2, -0.15) is 0 Å². The number of phenols is 1. The maximum absolute atomic E-state index is 12.9. The third kappa shape index (κ3) is 7.03. The van der Waals surface area contributed by atoms with Crippen LogP contribution < -0.4 is 15.3 Å². The number of amides is 2. The van der Waals surface area contributed by atoms with Crippen LogP contribution in [0.5, 0.6) is 5.75 Å². The fourth-order valence-corrected chi connectivity index (χ4v) is 4.36. The Labute approximate surface area is 234 Å². The molecule has 0 radical (unpaired) electrons. The second-order valence-electron chi connectivity index (χ2n) is 9.37. The second kappa shape index (κ2) is 13.9. The number of aliphatic hydroxyl groups excluding tert-OH is 1. The molecule has 8 nitrogen and oxygen atoms in total. The topological polar surface area (TPSA) is 106 Å². The molecule has 2 unspecified atom stereocenters. The van der Waals surface area contributed by atoms with Gasteiger partial charge in [-0.15, -0.1) is 0 Å². The Morgan fingerprint density at radius 3 is 1.95 bits per heavy atom. The quantitative estimate of drug-likeness (QED) is 0.235. The molecule has 3 N–H and O–H groups in total. The van der Waals surface area contributed by atoms with Gasteiger partial charge in [0.1, 0.15) is 17.5 Å². The number of carbonyl (C=O) groups is 2. The summed E-state index contributed by atoms with van der Waals surface area (Å²) in [5.41, 5.74) is 2.13. The summed E-state index contributed by atoms with van der Waals surface area (Å²) in [7, 11) is 0. The Morgan fingerprint density at radius 2 is 1.38 bits per heavy atom. The zero-order valence-electron chi connectivity index (χ0n) is 22.4. The van der Waals surface area contributed by atoms with Crippen LogP contribution in [0.15, 0.2) is 109 Å². The van der Waals surface area contributed by atoms with Crippen molar-refractivity contribution in [2.24, 2.45) is 5.92 Å². The summed E-state index contributed by atoms with van der Waals surface area (Å²) in [6.07, 6.45) is 3.52. The number of hydrogen-bond acceptors (Lipinski definition) is 6. The smallest absolute Gasteiger partial charge is 0.258 e. The molecule has 0 bridgehead atoms. The lowest BCUT2D eigenvalue weighted by Crippen LogP contribution is -2.41. The molecule has 4 aromatic rings. The van der Waals surface area contributed by atoms with Crippen LogP contribution in [0.4, 0.5) is 17.2 Å². The summed E-state index contributed by atoms with van der Waals surface area (Å²) < 4.78 is 0. The summed E-state index contributed by atoms with van der Waals surface area (Å²) in [6.45, 7) is 2.50. The lowest BCUT2D eigenvalue weighted by Gasteiger charge is -2.27. The second-order valence-corrected chi connectivity index (χ2v) is 9.37. The van der Waals surface area contributed by atoms with E-state index in [0.29, 0.717) is 24.3 Å². The molecule has 2 heterocycles. The van der Waals surface area contributed by atoms with E-state index < -0.39 is 12.0 Å². The van der Waals surface area contributed by atoms with Gasteiger partial charge in [0.25, 0.3) is 11.8 Å². The van der Waals surface area contributed by atoms with Crippen molar-refractivity contribution >= 4 is 29.0 Å². The van der Waals surface area contributed by atoms with Crippen molar-refractivity contribution in [2.75, 3.05) is 21.9 Å². The van der Waals surface area contributed by atoms with Crippen molar-refractivity contribution in [1.82, 2.24) is 4.98 Å². The molecule has 2 amide bonds. The van der Waals surface area contributed by atoms with Gasteiger partial charge in [0, 0.05) is 12.7 Å². The van der Waals surface area contributed by atoms with Crippen LogP contribution in [0.25, 0.3) is 0 Å². The maximum atomic E-state index is 12.9.